The molecule has 1 amide bonds. The Kier molecular flexibility index (Phi) is 4.13. The maximum absolute atomic E-state index is 12.4. The molecule has 0 radical (unpaired) electrons. The summed E-state index contributed by atoms with van der Waals surface area (Å²) in [5.74, 6) is 3.22. The fraction of sp³-hybridized carbons (Fsp3) is 0.300. The van der Waals surface area contributed by atoms with Gasteiger partial charge >= 0.3 is 0 Å². The second kappa shape index (κ2) is 6.60. The van der Waals surface area contributed by atoms with Crippen molar-refractivity contribution in [2.75, 3.05) is 18.5 Å². The van der Waals surface area contributed by atoms with Crippen LogP contribution in [0.2, 0.25) is 0 Å². The highest BCUT2D eigenvalue weighted by Crippen LogP contribution is 2.47. The number of nitrogens with zero attached hydrogens (tertiary/aromatic N) is 1. The summed E-state index contributed by atoms with van der Waals surface area (Å²) in [6, 6.07) is 10.7. The van der Waals surface area contributed by atoms with E-state index in [2.05, 4.69) is 12.2 Å². The second-order valence-electron chi connectivity index (χ2n) is 6.54. The smallest absolute Gasteiger partial charge is 0.266 e. The van der Waals surface area contributed by atoms with E-state index in [4.69, 9.17) is 13.9 Å². The fourth-order valence-corrected chi connectivity index (χ4v) is 2.97. The van der Waals surface area contributed by atoms with Crippen LogP contribution in [-0.4, -0.2) is 19.1 Å². The zero-order chi connectivity index (χ0) is 18.1. The molecule has 6 nitrogen and oxygen atoms in total. The van der Waals surface area contributed by atoms with Crippen LogP contribution in [0.4, 0.5) is 5.69 Å². The number of ether oxygens (including phenoxy) is 2. The van der Waals surface area contributed by atoms with Crippen molar-refractivity contribution < 1.29 is 18.7 Å². The molecule has 132 valence electrons. The highest BCUT2D eigenvalue weighted by Gasteiger charge is 2.36. The Morgan fingerprint density at radius 3 is 2.73 bits per heavy atom. The number of fused-ring (bicyclic) bond motifs is 1. The van der Waals surface area contributed by atoms with Gasteiger partial charge in [-0.15, -0.1) is 0 Å². The van der Waals surface area contributed by atoms with Crippen molar-refractivity contribution in [3.8, 4) is 17.6 Å². The molecule has 0 saturated heterocycles. The van der Waals surface area contributed by atoms with Crippen molar-refractivity contribution in [1.29, 1.82) is 5.26 Å². The number of nitrogens with one attached hydrogen (secondary N) is 1. The molecule has 1 aliphatic carbocycles. The van der Waals surface area contributed by atoms with Gasteiger partial charge in [-0.25, -0.2) is 0 Å². The molecule has 6 heteroatoms. The van der Waals surface area contributed by atoms with E-state index in [0.29, 0.717) is 48.0 Å². The van der Waals surface area contributed by atoms with E-state index in [0.717, 1.165) is 12.2 Å². The molecule has 0 unspecified atom stereocenters. The standard InChI is InChI=1S/C20H18N2O4/c1-12-8-16(12)17-5-3-15(26-17)9-13(11-21)20(23)22-14-2-4-18-19(10-14)25-7-6-24-18/h2-5,9-10,12,16H,6-8H2,1H3,(H,22,23)/b13-9+/t12-,16-/m0/s1. The lowest BCUT2D eigenvalue weighted by atomic mass is 10.2. The largest absolute Gasteiger partial charge is 0.486 e. The van der Waals surface area contributed by atoms with Gasteiger partial charge in [0.15, 0.2) is 11.5 Å². The van der Waals surface area contributed by atoms with Gasteiger partial charge in [-0.1, -0.05) is 6.92 Å². The van der Waals surface area contributed by atoms with E-state index in [-0.39, 0.29) is 5.57 Å². The molecule has 2 atom stereocenters. The Hall–Kier alpha value is -3.20. The van der Waals surface area contributed by atoms with E-state index < -0.39 is 5.91 Å². The predicted octanol–water partition coefficient (Wildman–Crippen LogP) is 3.72. The number of rotatable bonds is 4. The minimum atomic E-state index is -0.498. The first-order valence-electron chi connectivity index (χ1n) is 8.56. The maximum Gasteiger partial charge on any atom is 0.266 e. The van der Waals surface area contributed by atoms with E-state index in [1.165, 1.54) is 6.08 Å². The summed E-state index contributed by atoms with van der Waals surface area (Å²) in [4.78, 5) is 12.4. The van der Waals surface area contributed by atoms with E-state index in [9.17, 15) is 10.1 Å². The Balaban J connectivity index is 1.48. The van der Waals surface area contributed by atoms with Crippen LogP contribution < -0.4 is 14.8 Å². The van der Waals surface area contributed by atoms with Crippen LogP contribution in [0.1, 0.15) is 30.8 Å². The van der Waals surface area contributed by atoms with Gasteiger partial charge in [0.2, 0.25) is 0 Å². The first-order valence-corrected chi connectivity index (χ1v) is 8.56. The molecule has 2 aliphatic rings. The normalized spacial score (nSPS) is 21.0. The number of carbonyl (C=O) groups is 1. The lowest BCUT2D eigenvalue weighted by Gasteiger charge is -2.18. The van der Waals surface area contributed by atoms with Gasteiger partial charge in [-0.2, -0.15) is 5.26 Å². The van der Waals surface area contributed by atoms with Crippen LogP contribution >= 0.6 is 0 Å². The molecule has 0 spiro atoms. The van der Waals surface area contributed by atoms with Crippen molar-refractivity contribution in [2.24, 2.45) is 5.92 Å². The molecule has 1 fully saturated rings. The zero-order valence-corrected chi connectivity index (χ0v) is 14.3. The first kappa shape index (κ1) is 16.3. The summed E-state index contributed by atoms with van der Waals surface area (Å²) in [5.41, 5.74) is 0.511. The summed E-state index contributed by atoms with van der Waals surface area (Å²) < 4.78 is 16.7. The van der Waals surface area contributed by atoms with Crippen molar-refractivity contribution >= 4 is 17.7 Å². The maximum atomic E-state index is 12.4. The van der Waals surface area contributed by atoms with Crippen LogP contribution in [0.15, 0.2) is 40.3 Å². The number of carbonyl (C=O) groups excluding carboxylic acids is 1. The van der Waals surface area contributed by atoms with Crippen LogP contribution in [0.25, 0.3) is 6.08 Å². The van der Waals surface area contributed by atoms with Crippen LogP contribution in [0.5, 0.6) is 11.5 Å². The molecule has 1 N–H and O–H groups in total. The molecule has 2 heterocycles. The average molecular weight is 350 g/mol. The number of hydrogen-bond donors (Lipinski definition) is 1. The molecule has 1 aromatic carbocycles. The van der Waals surface area contributed by atoms with Gasteiger partial charge < -0.3 is 19.2 Å². The van der Waals surface area contributed by atoms with Gasteiger partial charge in [-0.3, -0.25) is 4.79 Å². The van der Waals surface area contributed by atoms with Crippen LogP contribution in [-0.2, 0) is 4.79 Å². The summed E-state index contributed by atoms with van der Waals surface area (Å²) in [7, 11) is 0. The molecule has 4 rings (SSSR count). The third-order valence-electron chi connectivity index (χ3n) is 4.57. The highest BCUT2D eigenvalue weighted by molar-refractivity contribution is 6.09. The van der Waals surface area contributed by atoms with E-state index in [1.807, 2.05) is 12.1 Å². The molecule has 1 aliphatic heterocycles. The Labute approximate surface area is 151 Å². The van der Waals surface area contributed by atoms with Crippen molar-refractivity contribution in [2.45, 2.75) is 19.3 Å². The van der Waals surface area contributed by atoms with Crippen molar-refractivity contribution in [3.63, 3.8) is 0 Å². The summed E-state index contributed by atoms with van der Waals surface area (Å²) in [6.07, 6.45) is 2.58. The van der Waals surface area contributed by atoms with Gasteiger partial charge in [-0.05, 0) is 36.6 Å². The topological polar surface area (TPSA) is 84.5 Å². The third-order valence-corrected chi connectivity index (χ3v) is 4.57. The number of benzene rings is 1. The summed E-state index contributed by atoms with van der Waals surface area (Å²) >= 11 is 0. The zero-order valence-electron chi connectivity index (χ0n) is 14.3. The molecule has 1 saturated carbocycles. The number of nitriles is 1. The minimum absolute atomic E-state index is 0.0235. The molecular formula is C20H18N2O4. The average Bonchev–Trinajstić information content (AvgIpc) is 3.20. The quantitative estimate of drug-likeness (QED) is 0.671. The van der Waals surface area contributed by atoms with Crippen LogP contribution in [0.3, 0.4) is 0 Å². The number of anilines is 1. The Bertz CT molecular complexity index is 922. The third kappa shape index (κ3) is 3.29. The second-order valence-corrected chi connectivity index (χ2v) is 6.54. The molecule has 0 bridgehead atoms. The molecular weight excluding hydrogens is 332 g/mol. The Morgan fingerprint density at radius 2 is 2.00 bits per heavy atom. The SMILES string of the molecule is C[C@H]1C[C@@H]1c1ccc(/C=C(\C#N)C(=O)Nc2ccc3c(c2)OCCO3)o1. The van der Waals surface area contributed by atoms with Gasteiger partial charge in [0, 0.05) is 23.7 Å². The highest BCUT2D eigenvalue weighted by atomic mass is 16.6. The Morgan fingerprint density at radius 1 is 1.23 bits per heavy atom. The van der Waals surface area contributed by atoms with Gasteiger partial charge in [0.25, 0.3) is 5.91 Å². The lowest BCUT2D eigenvalue weighted by molar-refractivity contribution is -0.112. The summed E-state index contributed by atoms with van der Waals surface area (Å²) in [5, 5.41) is 12.0. The molecule has 1 aromatic heterocycles. The lowest BCUT2D eigenvalue weighted by Crippen LogP contribution is -2.17. The number of furan rings is 1. The van der Waals surface area contributed by atoms with E-state index >= 15 is 0 Å². The number of hydrogen-bond acceptors (Lipinski definition) is 5. The fourth-order valence-electron chi connectivity index (χ4n) is 2.97. The molecule has 2 aromatic rings. The molecule has 26 heavy (non-hydrogen) atoms. The first-order chi connectivity index (χ1) is 12.6. The minimum Gasteiger partial charge on any atom is -0.486 e. The predicted molar refractivity (Wildman–Crippen MR) is 94.9 cm³/mol. The van der Waals surface area contributed by atoms with E-state index in [1.54, 1.807) is 24.3 Å². The van der Waals surface area contributed by atoms with Gasteiger partial charge in [0.1, 0.15) is 36.4 Å². The number of amides is 1. The van der Waals surface area contributed by atoms with Crippen molar-refractivity contribution in [1.82, 2.24) is 0 Å². The van der Waals surface area contributed by atoms with Crippen molar-refractivity contribution in [3.05, 3.63) is 47.4 Å². The van der Waals surface area contributed by atoms with Gasteiger partial charge in [0.05, 0.1) is 0 Å². The monoisotopic (exact) mass is 350 g/mol. The summed E-state index contributed by atoms with van der Waals surface area (Å²) in [6.45, 7) is 3.14. The van der Waals surface area contributed by atoms with Crippen LogP contribution in [0, 0.1) is 17.2 Å².